The number of hydrogen-bond donors (Lipinski definition) is 1. The molecule has 0 aliphatic carbocycles. The number of carbonyl (C=O) groups excluding carboxylic acids is 2. The van der Waals surface area contributed by atoms with Crippen molar-refractivity contribution in [2.75, 3.05) is 6.61 Å². The van der Waals surface area contributed by atoms with Gasteiger partial charge in [-0.2, -0.15) is 0 Å². The molecule has 3 heterocycles. The van der Waals surface area contributed by atoms with E-state index in [-0.39, 0.29) is 18.3 Å². The number of rotatable bonds is 3. The Morgan fingerprint density at radius 3 is 2.79 bits per heavy atom. The number of nitrogens with zero attached hydrogens (tertiary/aromatic N) is 2. The highest BCUT2D eigenvalue weighted by Gasteiger charge is 2.54. The zero-order chi connectivity index (χ0) is 20.0. The molecule has 3 aromatic rings. The van der Waals surface area contributed by atoms with Crippen LogP contribution in [0.4, 0.5) is 9.18 Å². The molecule has 2 aliphatic heterocycles. The number of para-hydroxylation sites is 1. The first-order valence-electron chi connectivity index (χ1n) is 9.14. The largest absolute Gasteiger partial charge is 0.493 e. The van der Waals surface area contributed by atoms with Gasteiger partial charge in [-0.3, -0.25) is 9.69 Å². The van der Waals surface area contributed by atoms with Crippen molar-refractivity contribution < 1.29 is 18.7 Å². The van der Waals surface area contributed by atoms with Crippen molar-refractivity contribution >= 4 is 23.3 Å². The van der Waals surface area contributed by atoms with Crippen LogP contribution in [0.3, 0.4) is 0 Å². The van der Waals surface area contributed by atoms with Crippen molar-refractivity contribution in [2.24, 2.45) is 0 Å². The molecule has 1 saturated heterocycles. The standard InChI is InChI=1S/C21H16FN3O3S/c22-14-7-5-13(6-8-14)18-23-15(12-29-18)11-25-19(26)21(24-20(25)27)9-10-28-17-4-2-1-3-16(17)21/h1-8,12H,9-11H2,(H,24,27). The molecule has 1 fully saturated rings. The molecule has 29 heavy (non-hydrogen) atoms. The van der Waals surface area contributed by atoms with Gasteiger partial charge in [-0.25, -0.2) is 14.2 Å². The third kappa shape index (κ3) is 2.87. The zero-order valence-electron chi connectivity index (χ0n) is 15.2. The van der Waals surface area contributed by atoms with Crippen molar-refractivity contribution in [1.82, 2.24) is 15.2 Å². The molecule has 0 saturated carbocycles. The van der Waals surface area contributed by atoms with Crippen LogP contribution in [-0.4, -0.2) is 28.4 Å². The maximum absolute atomic E-state index is 13.3. The molecule has 1 unspecified atom stereocenters. The predicted octanol–water partition coefficient (Wildman–Crippen LogP) is 3.68. The minimum absolute atomic E-state index is 0.0765. The summed E-state index contributed by atoms with van der Waals surface area (Å²) in [4.78, 5) is 31.7. The summed E-state index contributed by atoms with van der Waals surface area (Å²) in [7, 11) is 0. The van der Waals surface area contributed by atoms with E-state index in [0.717, 1.165) is 5.56 Å². The molecule has 5 rings (SSSR count). The summed E-state index contributed by atoms with van der Waals surface area (Å²) in [6.45, 7) is 0.426. The summed E-state index contributed by atoms with van der Waals surface area (Å²) < 4.78 is 18.8. The summed E-state index contributed by atoms with van der Waals surface area (Å²) in [6, 6.07) is 12.9. The van der Waals surface area contributed by atoms with Gasteiger partial charge >= 0.3 is 6.03 Å². The van der Waals surface area contributed by atoms with E-state index in [2.05, 4.69) is 10.3 Å². The zero-order valence-corrected chi connectivity index (χ0v) is 16.0. The summed E-state index contributed by atoms with van der Waals surface area (Å²) >= 11 is 1.39. The molecular formula is C21H16FN3O3S. The van der Waals surface area contributed by atoms with Crippen molar-refractivity contribution in [1.29, 1.82) is 0 Å². The van der Waals surface area contributed by atoms with E-state index in [1.807, 2.05) is 23.6 Å². The first-order chi connectivity index (χ1) is 14.1. The molecule has 1 aromatic heterocycles. The molecule has 2 aliphatic rings. The Morgan fingerprint density at radius 1 is 1.17 bits per heavy atom. The number of thiazole rings is 1. The fourth-order valence-corrected chi connectivity index (χ4v) is 4.60. The van der Waals surface area contributed by atoms with Gasteiger partial charge in [-0.05, 0) is 30.3 Å². The Kier molecular flexibility index (Phi) is 4.09. The Balaban J connectivity index is 1.42. The van der Waals surface area contributed by atoms with E-state index in [1.54, 1.807) is 18.2 Å². The fraction of sp³-hybridized carbons (Fsp3) is 0.190. The molecule has 0 bridgehead atoms. The van der Waals surface area contributed by atoms with Crippen LogP contribution in [-0.2, 0) is 16.9 Å². The lowest BCUT2D eigenvalue weighted by atomic mass is 9.84. The van der Waals surface area contributed by atoms with Gasteiger partial charge in [0.1, 0.15) is 16.6 Å². The van der Waals surface area contributed by atoms with Gasteiger partial charge in [0.2, 0.25) is 0 Å². The Morgan fingerprint density at radius 2 is 1.97 bits per heavy atom. The van der Waals surface area contributed by atoms with Gasteiger partial charge in [0.15, 0.2) is 5.54 Å². The highest BCUT2D eigenvalue weighted by atomic mass is 32.1. The van der Waals surface area contributed by atoms with Crippen LogP contribution in [0.25, 0.3) is 10.6 Å². The first kappa shape index (κ1) is 17.8. The number of benzene rings is 2. The predicted molar refractivity (Wildman–Crippen MR) is 105 cm³/mol. The number of imide groups is 1. The van der Waals surface area contributed by atoms with Crippen molar-refractivity contribution in [2.45, 2.75) is 18.5 Å². The average Bonchev–Trinajstić information content (AvgIpc) is 3.29. The number of carbonyl (C=O) groups is 2. The van der Waals surface area contributed by atoms with Crippen molar-refractivity contribution in [3.8, 4) is 16.3 Å². The number of fused-ring (bicyclic) bond motifs is 2. The third-order valence-electron chi connectivity index (χ3n) is 5.22. The summed E-state index contributed by atoms with van der Waals surface area (Å²) in [6.07, 6.45) is 0.378. The first-order valence-corrected chi connectivity index (χ1v) is 10.0. The summed E-state index contributed by atoms with van der Waals surface area (Å²) in [5.74, 6) is 0.00277. The van der Waals surface area contributed by atoms with Gasteiger partial charge in [0.05, 0.1) is 18.8 Å². The van der Waals surface area contributed by atoms with Crippen LogP contribution in [0.5, 0.6) is 5.75 Å². The minimum atomic E-state index is -1.10. The van der Waals surface area contributed by atoms with Crippen LogP contribution >= 0.6 is 11.3 Å². The Labute approximate surface area is 169 Å². The molecule has 1 atom stereocenters. The van der Waals surface area contributed by atoms with Crippen LogP contribution in [0, 0.1) is 5.82 Å². The molecule has 0 radical (unpaired) electrons. The lowest BCUT2D eigenvalue weighted by Crippen LogP contribution is -2.47. The number of halogens is 1. The summed E-state index contributed by atoms with van der Waals surface area (Å²) in [5.41, 5.74) is 0.976. The number of urea groups is 1. The number of hydrogen-bond acceptors (Lipinski definition) is 5. The van der Waals surface area contributed by atoms with E-state index >= 15 is 0 Å². The van der Waals surface area contributed by atoms with Crippen molar-refractivity contribution in [3.63, 3.8) is 0 Å². The maximum Gasteiger partial charge on any atom is 0.325 e. The lowest BCUT2D eigenvalue weighted by Gasteiger charge is -2.33. The van der Waals surface area contributed by atoms with Gasteiger partial charge in [-0.15, -0.1) is 11.3 Å². The number of amides is 3. The van der Waals surface area contributed by atoms with Gasteiger partial charge in [0.25, 0.3) is 5.91 Å². The van der Waals surface area contributed by atoms with Crippen LogP contribution in [0.15, 0.2) is 53.9 Å². The number of ether oxygens (including phenoxy) is 1. The molecular weight excluding hydrogens is 393 g/mol. The SMILES string of the molecule is O=C1NC2(CCOc3ccccc32)C(=O)N1Cc1csc(-c2ccc(F)cc2)n1. The van der Waals surface area contributed by atoms with E-state index in [0.29, 0.717) is 35.0 Å². The van der Waals surface area contributed by atoms with Gasteiger partial charge in [0, 0.05) is 22.9 Å². The second kappa shape index (κ2) is 6.66. The smallest absolute Gasteiger partial charge is 0.325 e. The maximum atomic E-state index is 13.3. The van der Waals surface area contributed by atoms with Crippen LogP contribution in [0.2, 0.25) is 0 Å². The van der Waals surface area contributed by atoms with Crippen LogP contribution < -0.4 is 10.1 Å². The summed E-state index contributed by atoms with van der Waals surface area (Å²) in [5, 5.41) is 5.40. The normalized spacial score (nSPS) is 20.5. The van der Waals surface area contributed by atoms with E-state index in [9.17, 15) is 14.0 Å². The van der Waals surface area contributed by atoms with E-state index in [4.69, 9.17) is 4.74 Å². The van der Waals surface area contributed by atoms with E-state index in [1.165, 1.54) is 28.4 Å². The topological polar surface area (TPSA) is 71.5 Å². The molecule has 6 nitrogen and oxygen atoms in total. The average molecular weight is 409 g/mol. The van der Waals surface area contributed by atoms with Crippen LogP contribution in [0.1, 0.15) is 17.7 Å². The highest BCUT2D eigenvalue weighted by molar-refractivity contribution is 7.13. The number of aromatic nitrogens is 1. The minimum Gasteiger partial charge on any atom is -0.493 e. The molecule has 1 spiro atoms. The van der Waals surface area contributed by atoms with Crippen molar-refractivity contribution in [3.05, 3.63) is 71.0 Å². The quantitative estimate of drug-likeness (QED) is 0.670. The van der Waals surface area contributed by atoms with Gasteiger partial charge < -0.3 is 10.1 Å². The fourth-order valence-electron chi connectivity index (χ4n) is 3.78. The molecule has 146 valence electrons. The third-order valence-corrected chi connectivity index (χ3v) is 6.16. The monoisotopic (exact) mass is 409 g/mol. The molecule has 8 heteroatoms. The number of nitrogens with one attached hydrogen (secondary N) is 1. The molecule has 2 aromatic carbocycles. The highest BCUT2D eigenvalue weighted by Crippen LogP contribution is 2.41. The van der Waals surface area contributed by atoms with E-state index < -0.39 is 11.6 Å². The lowest BCUT2D eigenvalue weighted by molar-refractivity contribution is -0.133. The second-order valence-corrected chi connectivity index (χ2v) is 7.83. The molecule has 3 amide bonds. The Bertz CT molecular complexity index is 1110. The van der Waals surface area contributed by atoms with Gasteiger partial charge in [-0.1, -0.05) is 18.2 Å². The second-order valence-electron chi connectivity index (χ2n) is 6.97. The molecule has 1 N–H and O–H groups in total. The Hall–Kier alpha value is -3.26.